The molecule has 2 rings (SSSR count). The van der Waals surface area contributed by atoms with E-state index < -0.39 is 12.0 Å². The number of ether oxygens (including phenoxy) is 1. The zero-order chi connectivity index (χ0) is 17.9. The highest BCUT2D eigenvalue weighted by Crippen LogP contribution is 2.16. The lowest BCUT2D eigenvalue weighted by Gasteiger charge is -2.08. The molecule has 0 heterocycles. The minimum absolute atomic E-state index is 0.541. The molecule has 0 radical (unpaired) electrons. The largest absolute Gasteiger partial charge is 0.494 e. The molecule has 25 heavy (non-hydrogen) atoms. The van der Waals surface area contributed by atoms with Gasteiger partial charge in [-0.1, -0.05) is 61.7 Å². The molecule has 134 valence electrons. The van der Waals surface area contributed by atoms with Crippen molar-refractivity contribution in [3.8, 4) is 5.75 Å². The maximum atomic E-state index is 10.6. The first-order valence-corrected chi connectivity index (χ1v) is 8.89. The summed E-state index contributed by atoms with van der Waals surface area (Å²) in [4.78, 5) is 10.6. The molecule has 4 nitrogen and oxygen atoms in total. The van der Waals surface area contributed by atoms with Crippen molar-refractivity contribution in [3.63, 3.8) is 0 Å². The molecule has 0 saturated heterocycles. The number of hydrogen-bond donors (Lipinski definition) is 2. The Morgan fingerprint density at radius 2 is 1.56 bits per heavy atom. The van der Waals surface area contributed by atoms with E-state index in [0.717, 1.165) is 37.9 Å². The standard InChI is InChI=1S/C21H27NO3/c22-20(21(23)24)10-6-1-2-7-15-25-19-13-11-18(12-14-19)16-17-8-4-3-5-9-17/h3-5,8-9,11-14,20H,1-2,6-7,10,15-16,22H2,(H,23,24). The zero-order valence-electron chi connectivity index (χ0n) is 14.6. The molecule has 0 saturated carbocycles. The Kier molecular flexibility index (Phi) is 7.99. The number of rotatable bonds is 11. The maximum absolute atomic E-state index is 10.6. The Morgan fingerprint density at radius 3 is 2.24 bits per heavy atom. The van der Waals surface area contributed by atoms with Crippen LogP contribution >= 0.6 is 0 Å². The van der Waals surface area contributed by atoms with Crippen molar-refractivity contribution in [2.45, 2.75) is 44.6 Å². The Bertz CT molecular complexity index is 625. The number of unbranched alkanes of at least 4 members (excludes halogenated alkanes) is 3. The Balaban J connectivity index is 1.59. The second-order valence-electron chi connectivity index (χ2n) is 6.30. The lowest BCUT2D eigenvalue weighted by Crippen LogP contribution is -2.29. The van der Waals surface area contributed by atoms with Crippen molar-refractivity contribution in [2.75, 3.05) is 6.61 Å². The van der Waals surface area contributed by atoms with Crippen molar-refractivity contribution in [1.29, 1.82) is 0 Å². The third-order valence-corrected chi connectivity index (χ3v) is 4.17. The topological polar surface area (TPSA) is 72.5 Å². The Morgan fingerprint density at radius 1 is 0.920 bits per heavy atom. The van der Waals surface area contributed by atoms with Gasteiger partial charge in [0.15, 0.2) is 0 Å². The number of nitrogens with two attached hydrogens (primary N) is 1. The Labute approximate surface area is 149 Å². The van der Waals surface area contributed by atoms with Crippen LogP contribution in [0.5, 0.6) is 5.75 Å². The van der Waals surface area contributed by atoms with E-state index in [1.807, 2.05) is 18.2 Å². The van der Waals surface area contributed by atoms with Gasteiger partial charge in [-0.2, -0.15) is 0 Å². The molecule has 3 N–H and O–H groups in total. The lowest BCUT2D eigenvalue weighted by atomic mass is 10.1. The number of aliphatic carboxylic acids is 1. The average molecular weight is 341 g/mol. The minimum Gasteiger partial charge on any atom is -0.494 e. The summed E-state index contributed by atoms with van der Waals surface area (Å²) in [6, 6.07) is 17.9. The molecule has 1 atom stereocenters. The highest BCUT2D eigenvalue weighted by Gasteiger charge is 2.09. The first kappa shape index (κ1) is 19.0. The van der Waals surface area contributed by atoms with Crippen molar-refractivity contribution >= 4 is 5.97 Å². The quantitative estimate of drug-likeness (QED) is 0.606. The van der Waals surface area contributed by atoms with Gasteiger partial charge in [-0.25, -0.2) is 0 Å². The van der Waals surface area contributed by atoms with E-state index in [0.29, 0.717) is 13.0 Å². The molecule has 1 unspecified atom stereocenters. The van der Waals surface area contributed by atoms with Gasteiger partial charge in [0.25, 0.3) is 0 Å². The minimum atomic E-state index is -0.918. The maximum Gasteiger partial charge on any atom is 0.320 e. The highest BCUT2D eigenvalue weighted by atomic mass is 16.5. The number of carbonyl (C=O) groups is 1. The van der Waals surface area contributed by atoms with Crippen LogP contribution in [0, 0.1) is 0 Å². The molecule has 0 fully saturated rings. The molecular formula is C21H27NO3. The van der Waals surface area contributed by atoms with Crippen LogP contribution in [0.3, 0.4) is 0 Å². The highest BCUT2D eigenvalue weighted by molar-refractivity contribution is 5.72. The van der Waals surface area contributed by atoms with Crippen molar-refractivity contribution in [1.82, 2.24) is 0 Å². The summed E-state index contributed by atoms with van der Waals surface area (Å²) in [6.07, 6.45) is 5.30. The SMILES string of the molecule is NC(CCCCCCOc1ccc(Cc2ccccc2)cc1)C(=O)O. The number of carboxylic acid groups (broad SMARTS) is 1. The summed E-state index contributed by atoms with van der Waals surface area (Å²) in [5.41, 5.74) is 8.05. The molecule has 0 spiro atoms. The molecule has 0 bridgehead atoms. The zero-order valence-corrected chi connectivity index (χ0v) is 14.6. The van der Waals surface area contributed by atoms with Gasteiger partial charge in [-0.15, -0.1) is 0 Å². The Hall–Kier alpha value is -2.33. The number of benzene rings is 2. The first-order valence-electron chi connectivity index (χ1n) is 8.89. The predicted octanol–water partition coefficient (Wildman–Crippen LogP) is 4.02. The van der Waals surface area contributed by atoms with Crippen LogP contribution in [0.15, 0.2) is 54.6 Å². The lowest BCUT2D eigenvalue weighted by molar-refractivity contribution is -0.138. The molecule has 2 aromatic rings. The second-order valence-corrected chi connectivity index (χ2v) is 6.30. The van der Waals surface area contributed by atoms with Gasteiger partial charge < -0.3 is 15.6 Å². The normalized spacial score (nSPS) is 11.9. The van der Waals surface area contributed by atoms with E-state index in [-0.39, 0.29) is 0 Å². The number of carboxylic acids is 1. The number of hydrogen-bond acceptors (Lipinski definition) is 3. The first-order chi connectivity index (χ1) is 12.1. The fourth-order valence-corrected chi connectivity index (χ4v) is 2.67. The van der Waals surface area contributed by atoms with Crippen LogP contribution in [0.1, 0.15) is 43.2 Å². The van der Waals surface area contributed by atoms with E-state index in [4.69, 9.17) is 15.6 Å². The molecule has 0 aromatic heterocycles. The van der Waals surface area contributed by atoms with Gasteiger partial charge in [0.1, 0.15) is 11.8 Å². The van der Waals surface area contributed by atoms with Gasteiger partial charge in [-0.3, -0.25) is 4.79 Å². The van der Waals surface area contributed by atoms with Gasteiger partial charge in [-0.05, 0) is 42.5 Å². The second kappa shape index (κ2) is 10.5. The van der Waals surface area contributed by atoms with Crippen LogP contribution in [-0.2, 0) is 11.2 Å². The average Bonchev–Trinajstić information content (AvgIpc) is 2.63. The molecule has 0 aliphatic carbocycles. The van der Waals surface area contributed by atoms with Crippen LogP contribution in [0.2, 0.25) is 0 Å². The smallest absolute Gasteiger partial charge is 0.320 e. The van der Waals surface area contributed by atoms with Gasteiger partial charge in [0.2, 0.25) is 0 Å². The van der Waals surface area contributed by atoms with E-state index in [1.165, 1.54) is 11.1 Å². The molecule has 0 aliphatic heterocycles. The van der Waals surface area contributed by atoms with Gasteiger partial charge in [0, 0.05) is 0 Å². The molecule has 2 aromatic carbocycles. The summed E-state index contributed by atoms with van der Waals surface area (Å²) in [5, 5.41) is 8.71. The summed E-state index contributed by atoms with van der Waals surface area (Å²) >= 11 is 0. The van der Waals surface area contributed by atoms with E-state index in [1.54, 1.807) is 0 Å². The monoisotopic (exact) mass is 341 g/mol. The van der Waals surface area contributed by atoms with Crippen molar-refractivity contribution in [2.24, 2.45) is 5.73 Å². The fourth-order valence-electron chi connectivity index (χ4n) is 2.67. The molecular weight excluding hydrogens is 314 g/mol. The van der Waals surface area contributed by atoms with Crippen LogP contribution in [0.4, 0.5) is 0 Å². The van der Waals surface area contributed by atoms with Gasteiger partial charge >= 0.3 is 5.97 Å². The third-order valence-electron chi connectivity index (χ3n) is 4.17. The van der Waals surface area contributed by atoms with Crippen molar-refractivity contribution in [3.05, 3.63) is 65.7 Å². The summed E-state index contributed by atoms with van der Waals surface area (Å²) < 4.78 is 5.76. The van der Waals surface area contributed by atoms with Crippen LogP contribution in [0.25, 0.3) is 0 Å². The summed E-state index contributed by atoms with van der Waals surface area (Å²) in [6.45, 7) is 0.684. The fraction of sp³-hybridized carbons (Fsp3) is 0.381. The van der Waals surface area contributed by atoms with E-state index in [2.05, 4.69) is 36.4 Å². The summed E-state index contributed by atoms with van der Waals surface area (Å²) in [5.74, 6) is -0.0243. The van der Waals surface area contributed by atoms with Crippen molar-refractivity contribution < 1.29 is 14.6 Å². The van der Waals surface area contributed by atoms with Crippen LogP contribution < -0.4 is 10.5 Å². The molecule has 4 heteroatoms. The van der Waals surface area contributed by atoms with E-state index >= 15 is 0 Å². The van der Waals surface area contributed by atoms with E-state index in [9.17, 15) is 4.79 Å². The summed E-state index contributed by atoms with van der Waals surface area (Å²) in [7, 11) is 0. The molecule has 0 amide bonds. The predicted molar refractivity (Wildman–Crippen MR) is 99.9 cm³/mol. The molecule has 0 aliphatic rings. The third kappa shape index (κ3) is 7.40. The van der Waals surface area contributed by atoms with Crippen LogP contribution in [-0.4, -0.2) is 23.7 Å². The van der Waals surface area contributed by atoms with Gasteiger partial charge in [0.05, 0.1) is 6.61 Å².